The van der Waals surface area contributed by atoms with Crippen molar-refractivity contribution in [3.63, 3.8) is 0 Å². The number of aromatic nitrogens is 2. The SMILES string of the molecule is NC(=O)Cc1ccc(-n2nc(C(F)(F)F)cc2-c2ccc3c(ccc4ccccc43)c2)cc1. The molecule has 0 aliphatic carbocycles. The lowest BCUT2D eigenvalue weighted by Gasteiger charge is -2.10. The zero-order chi connectivity index (χ0) is 23.2. The van der Waals surface area contributed by atoms with E-state index >= 15 is 0 Å². The third-order valence-corrected chi connectivity index (χ3v) is 5.60. The molecule has 0 bridgehead atoms. The van der Waals surface area contributed by atoms with Gasteiger partial charge in [0.15, 0.2) is 5.69 Å². The highest BCUT2D eigenvalue weighted by Gasteiger charge is 2.35. The molecule has 1 aromatic heterocycles. The fourth-order valence-electron chi connectivity index (χ4n) is 4.05. The van der Waals surface area contributed by atoms with Crippen molar-refractivity contribution < 1.29 is 18.0 Å². The number of alkyl halides is 3. The van der Waals surface area contributed by atoms with E-state index in [1.165, 1.54) is 4.68 Å². The van der Waals surface area contributed by atoms with Gasteiger partial charge in [0.05, 0.1) is 17.8 Å². The summed E-state index contributed by atoms with van der Waals surface area (Å²) in [5, 5.41) is 7.97. The van der Waals surface area contributed by atoms with E-state index in [0.717, 1.165) is 27.6 Å². The summed E-state index contributed by atoms with van der Waals surface area (Å²) < 4.78 is 41.8. The van der Waals surface area contributed by atoms with Gasteiger partial charge in [-0.15, -0.1) is 0 Å². The number of halogens is 3. The molecule has 1 amide bonds. The highest BCUT2D eigenvalue weighted by molar-refractivity contribution is 6.08. The second kappa shape index (κ2) is 7.78. The lowest BCUT2D eigenvalue weighted by Crippen LogP contribution is -2.13. The first kappa shape index (κ1) is 20.8. The molecular weight excluding hydrogens is 427 g/mol. The molecular formula is C26H18F3N3O. The van der Waals surface area contributed by atoms with Crippen LogP contribution >= 0.6 is 0 Å². The van der Waals surface area contributed by atoms with E-state index in [1.54, 1.807) is 24.3 Å². The van der Waals surface area contributed by atoms with Gasteiger partial charge in [0.2, 0.25) is 5.91 Å². The van der Waals surface area contributed by atoms with Crippen LogP contribution < -0.4 is 5.73 Å². The van der Waals surface area contributed by atoms with E-state index in [4.69, 9.17) is 5.73 Å². The molecule has 0 atom stereocenters. The van der Waals surface area contributed by atoms with Crippen molar-refractivity contribution in [3.8, 4) is 16.9 Å². The van der Waals surface area contributed by atoms with Crippen molar-refractivity contribution in [2.75, 3.05) is 0 Å². The highest BCUT2D eigenvalue weighted by Crippen LogP contribution is 2.35. The second-order valence-corrected chi connectivity index (χ2v) is 7.86. The zero-order valence-corrected chi connectivity index (χ0v) is 17.3. The molecule has 33 heavy (non-hydrogen) atoms. The Balaban J connectivity index is 1.65. The van der Waals surface area contributed by atoms with Crippen molar-refractivity contribution in [2.45, 2.75) is 12.6 Å². The summed E-state index contributed by atoms with van der Waals surface area (Å²) in [5.74, 6) is -0.481. The number of fused-ring (bicyclic) bond motifs is 3. The molecule has 4 aromatic carbocycles. The number of benzene rings is 4. The average molecular weight is 445 g/mol. The monoisotopic (exact) mass is 445 g/mol. The number of amides is 1. The Morgan fingerprint density at radius 3 is 2.27 bits per heavy atom. The molecule has 0 aliphatic rings. The Bertz CT molecular complexity index is 1500. The molecule has 164 valence electrons. The van der Waals surface area contributed by atoms with Crippen LogP contribution in [0.5, 0.6) is 0 Å². The third kappa shape index (κ3) is 3.93. The first-order valence-corrected chi connectivity index (χ1v) is 10.3. The van der Waals surface area contributed by atoms with E-state index < -0.39 is 17.8 Å². The highest BCUT2D eigenvalue weighted by atomic mass is 19.4. The molecule has 5 rings (SSSR count). The smallest absolute Gasteiger partial charge is 0.369 e. The largest absolute Gasteiger partial charge is 0.435 e. The maximum absolute atomic E-state index is 13.5. The van der Waals surface area contributed by atoms with Crippen LogP contribution in [0, 0.1) is 0 Å². The van der Waals surface area contributed by atoms with E-state index in [1.807, 2.05) is 54.6 Å². The number of hydrogen-bond acceptors (Lipinski definition) is 2. The van der Waals surface area contributed by atoms with Gasteiger partial charge in [-0.05, 0) is 51.4 Å². The van der Waals surface area contributed by atoms with E-state index in [0.29, 0.717) is 22.5 Å². The van der Waals surface area contributed by atoms with Crippen LogP contribution in [0.3, 0.4) is 0 Å². The molecule has 0 fully saturated rings. The Morgan fingerprint density at radius 1 is 0.848 bits per heavy atom. The minimum atomic E-state index is -4.58. The van der Waals surface area contributed by atoms with Crippen LogP contribution in [-0.2, 0) is 17.4 Å². The first-order valence-electron chi connectivity index (χ1n) is 10.3. The molecule has 0 aliphatic heterocycles. The lowest BCUT2D eigenvalue weighted by atomic mass is 9.99. The minimum Gasteiger partial charge on any atom is -0.369 e. The van der Waals surface area contributed by atoms with Crippen LogP contribution in [0.2, 0.25) is 0 Å². The summed E-state index contributed by atoms with van der Waals surface area (Å²) >= 11 is 0. The molecule has 2 N–H and O–H groups in total. The average Bonchev–Trinajstić information content (AvgIpc) is 3.25. The minimum absolute atomic E-state index is 0.0542. The molecule has 0 unspecified atom stereocenters. The molecule has 5 aromatic rings. The summed E-state index contributed by atoms with van der Waals surface area (Å²) in [6.45, 7) is 0. The number of primary amides is 1. The topological polar surface area (TPSA) is 60.9 Å². The quantitative estimate of drug-likeness (QED) is 0.351. The molecule has 7 heteroatoms. The van der Waals surface area contributed by atoms with Crippen LogP contribution in [-0.4, -0.2) is 15.7 Å². The van der Waals surface area contributed by atoms with Gasteiger partial charge >= 0.3 is 6.18 Å². The van der Waals surface area contributed by atoms with Gasteiger partial charge in [0, 0.05) is 5.56 Å². The van der Waals surface area contributed by atoms with E-state index in [-0.39, 0.29) is 6.42 Å². The van der Waals surface area contributed by atoms with Gasteiger partial charge < -0.3 is 5.73 Å². The molecule has 1 heterocycles. The molecule has 4 nitrogen and oxygen atoms in total. The summed E-state index contributed by atoms with van der Waals surface area (Å²) in [5.41, 5.74) is 6.31. The summed E-state index contributed by atoms with van der Waals surface area (Å²) in [6.07, 6.45) is -4.53. The molecule has 0 spiro atoms. The van der Waals surface area contributed by atoms with Gasteiger partial charge in [-0.2, -0.15) is 18.3 Å². The Hall–Kier alpha value is -4.13. The van der Waals surface area contributed by atoms with Crippen LogP contribution in [0.1, 0.15) is 11.3 Å². The van der Waals surface area contributed by atoms with Crippen molar-refractivity contribution in [2.24, 2.45) is 5.73 Å². The van der Waals surface area contributed by atoms with Gasteiger partial charge in [-0.25, -0.2) is 4.68 Å². The predicted molar refractivity (Wildman–Crippen MR) is 122 cm³/mol. The summed E-state index contributed by atoms with van der Waals surface area (Å²) in [4.78, 5) is 11.1. The first-order chi connectivity index (χ1) is 15.8. The molecule has 0 radical (unpaired) electrons. The number of carbonyl (C=O) groups excluding carboxylic acids is 1. The van der Waals surface area contributed by atoms with E-state index in [9.17, 15) is 18.0 Å². The van der Waals surface area contributed by atoms with Crippen LogP contribution in [0.25, 0.3) is 38.5 Å². The number of rotatable bonds is 4. The Labute approximate surface area is 187 Å². The van der Waals surface area contributed by atoms with Crippen molar-refractivity contribution >= 4 is 27.5 Å². The standard InChI is InChI=1S/C26H18F3N3O/c27-26(28,29)24-15-23(32(31-24)20-10-5-16(6-11-20)13-25(30)33)19-9-12-22-18(14-19)8-7-17-3-1-2-4-21(17)22/h1-12,14-15H,13H2,(H2,30,33). The van der Waals surface area contributed by atoms with Gasteiger partial charge in [-0.3, -0.25) is 4.79 Å². The number of nitrogens with two attached hydrogens (primary N) is 1. The predicted octanol–water partition coefficient (Wildman–Crippen LogP) is 5.89. The lowest BCUT2D eigenvalue weighted by molar-refractivity contribution is -0.141. The fraction of sp³-hybridized carbons (Fsp3) is 0.0769. The van der Waals surface area contributed by atoms with Crippen molar-refractivity contribution in [3.05, 3.63) is 96.2 Å². The van der Waals surface area contributed by atoms with Crippen LogP contribution in [0.4, 0.5) is 13.2 Å². The van der Waals surface area contributed by atoms with Crippen molar-refractivity contribution in [1.29, 1.82) is 0 Å². The third-order valence-electron chi connectivity index (χ3n) is 5.60. The molecule has 0 saturated heterocycles. The normalized spacial score (nSPS) is 11.8. The maximum atomic E-state index is 13.5. The van der Waals surface area contributed by atoms with E-state index in [2.05, 4.69) is 5.10 Å². The van der Waals surface area contributed by atoms with Gasteiger partial charge in [-0.1, -0.05) is 60.7 Å². The Kier molecular flexibility index (Phi) is 4.89. The fourth-order valence-corrected chi connectivity index (χ4v) is 4.05. The summed E-state index contributed by atoms with van der Waals surface area (Å²) in [7, 11) is 0. The zero-order valence-electron chi connectivity index (χ0n) is 17.3. The second-order valence-electron chi connectivity index (χ2n) is 7.86. The number of hydrogen-bond donors (Lipinski definition) is 1. The van der Waals surface area contributed by atoms with Gasteiger partial charge in [0.25, 0.3) is 0 Å². The van der Waals surface area contributed by atoms with Crippen LogP contribution in [0.15, 0.2) is 84.9 Å². The Morgan fingerprint density at radius 2 is 1.55 bits per heavy atom. The van der Waals surface area contributed by atoms with Gasteiger partial charge in [0.1, 0.15) is 0 Å². The maximum Gasteiger partial charge on any atom is 0.435 e. The summed E-state index contributed by atoms with van der Waals surface area (Å²) in [6, 6.07) is 25.2. The van der Waals surface area contributed by atoms with Crippen molar-refractivity contribution in [1.82, 2.24) is 9.78 Å². The molecule has 0 saturated carbocycles. The number of carbonyl (C=O) groups is 1. The number of nitrogens with zero attached hydrogens (tertiary/aromatic N) is 2.